The highest BCUT2D eigenvalue weighted by atomic mass is 35.5. The van der Waals surface area contributed by atoms with Crippen LogP contribution in [-0.4, -0.2) is 39.6 Å². The number of aromatic carboxylic acids is 1. The number of pyridine rings is 1. The van der Waals surface area contributed by atoms with Crippen LogP contribution >= 0.6 is 23.7 Å². The number of nitrogens with one attached hydrogen (secondary N) is 1. The Labute approximate surface area is 161 Å². The van der Waals surface area contributed by atoms with Crippen molar-refractivity contribution in [3.8, 4) is 10.6 Å². The molecule has 0 bridgehead atoms. The second-order valence-electron chi connectivity index (χ2n) is 6.37. The van der Waals surface area contributed by atoms with Gasteiger partial charge in [0.05, 0.1) is 10.6 Å². The molecule has 3 rings (SSSR count). The van der Waals surface area contributed by atoms with Gasteiger partial charge >= 0.3 is 5.97 Å². The van der Waals surface area contributed by atoms with Crippen LogP contribution in [0.3, 0.4) is 0 Å². The highest BCUT2D eigenvalue weighted by Crippen LogP contribution is 2.35. The van der Waals surface area contributed by atoms with Crippen LogP contribution in [0.25, 0.3) is 20.8 Å². The van der Waals surface area contributed by atoms with Gasteiger partial charge in [0.2, 0.25) is 0 Å². The van der Waals surface area contributed by atoms with Gasteiger partial charge in [-0.15, -0.1) is 23.7 Å². The summed E-state index contributed by atoms with van der Waals surface area (Å²) >= 11 is 1.60. The number of fused-ring (bicyclic) bond motifs is 1. The standard InChI is InChI=1S/C18H21N3O3S.ClH/c1-5-10-7-13(18(23)24)16(22)19-15(10)14-8-11-6-12(9-20(2)3)21(4)17(11)25-14;/h6-8H,5,9H2,1-4H3,(H,19,22)(H,23,24);1H. The summed E-state index contributed by atoms with van der Waals surface area (Å²) in [6, 6.07) is 5.70. The van der Waals surface area contributed by atoms with Gasteiger partial charge in [-0.2, -0.15) is 0 Å². The van der Waals surface area contributed by atoms with Crippen molar-refractivity contribution in [2.45, 2.75) is 19.9 Å². The Morgan fingerprint density at radius 3 is 2.54 bits per heavy atom. The highest BCUT2D eigenvalue weighted by molar-refractivity contribution is 7.21. The van der Waals surface area contributed by atoms with E-state index in [0.717, 1.165) is 27.2 Å². The second-order valence-corrected chi connectivity index (χ2v) is 7.41. The van der Waals surface area contributed by atoms with Gasteiger partial charge in [-0.1, -0.05) is 6.92 Å². The van der Waals surface area contributed by atoms with E-state index >= 15 is 0 Å². The van der Waals surface area contributed by atoms with Crippen molar-refractivity contribution in [1.29, 1.82) is 0 Å². The first-order valence-corrected chi connectivity index (χ1v) is 8.86. The number of aromatic amines is 1. The van der Waals surface area contributed by atoms with Crippen LogP contribution < -0.4 is 5.56 Å². The maximum atomic E-state index is 12.1. The Morgan fingerprint density at radius 1 is 1.31 bits per heavy atom. The van der Waals surface area contributed by atoms with E-state index in [2.05, 4.69) is 26.6 Å². The average Bonchev–Trinajstić information content (AvgIpc) is 3.06. The molecule has 0 radical (unpaired) electrons. The normalized spacial score (nSPS) is 11.1. The van der Waals surface area contributed by atoms with Crippen LogP contribution in [0, 0.1) is 0 Å². The summed E-state index contributed by atoms with van der Waals surface area (Å²) in [7, 11) is 6.11. The van der Waals surface area contributed by atoms with Crippen LogP contribution in [0.1, 0.15) is 28.5 Å². The molecular formula is C18H22ClN3O3S. The quantitative estimate of drug-likeness (QED) is 0.694. The molecule has 140 valence electrons. The summed E-state index contributed by atoms with van der Waals surface area (Å²) in [6.45, 7) is 2.81. The number of hydrogen-bond donors (Lipinski definition) is 2. The number of carbonyl (C=O) groups is 1. The third-order valence-corrected chi connectivity index (χ3v) is 5.50. The Balaban J connectivity index is 0.00000243. The topological polar surface area (TPSA) is 78.3 Å². The lowest BCUT2D eigenvalue weighted by Gasteiger charge is -2.10. The van der Waals surface area contributed by atoms with E-state index in [-0.39, 0.29) is 18.0 Å². The number of carboxylic acid groups (broad SMARTS) is 1. The highest BCUT2D eigenvalue weighted by Gasteiger charge is 2.17. The number of nitrogens with zero attached hydrogens (tertiary/aromatic N) is 2. The van der Waals surface area contributed by atoms with Crippen LogP contribution in [0.15, 0.2) is 23.0 Å². The van der Waals surface area contributed by atoms with E-state index in [0.29, 0.717) is 12.1 Å². The molecule has 8 heteroatoms. The lowest BCUT2D eigenvalue weighted by Crippen LogP contribution is -2.19. The van der Waals surface area contributed by atoms with E-state index in [1.807, 2.05) is 28.1 Å². The molecule has 6 nitrogen and oxygen atoms in total. The van der Waals surface area contributed by atoms with E-state index in [1.54, 1.807) is 11.3 Å². The second kappa shape index (κ2) is 7.65. The molecule has 3 aromatic heterocycles. The SMILES string of the molecule is CCc1cc(C(=O)O)c(=O)[nH]c1-c1cc2cc(CN(C)C)n(C)c2s1.Cl. The van der Waals surface area contributed by atoms with Crippen LogP contribution in [-0.2, 0) is 20.0 Å². The molecule has 0 fully saturated rings. The van der Waals surface area contributed by atoms with Crippen LogP contribution in [0.2, 0.25) is 0 Å². The number of thiophene rings is 1. The van der Waals surface area contributed by atoms with Crippen molar-refractivity contribution >= 4 is 39.9 Å². The lowest BCUT2D eigenvalue weighted by atomic mass is 10.1. The van der Waals surface area contributed by atoms with Crippen LogP contribution in [0.4, 0.5) is 0 Å². The third-order valence-electron chi connectivity index (χ3n) is 4.26. The molecule has 0 saturated carbocycles. The van der Waals surface area contributed by atoms with E-state index in [1.165, 1.54) is 11.8 Å². The molecule has 0 aliphatic heterocycles. The van der Waals surface area contributed by atoms with E-state index < -0.39 is 11.5 Å². The zero-order valence-electron chi connectivity index (χ0n) is 15.1. The summed E-state index contributed by atoms with van der Waals surface area (Å²) in [5, 5.41) is 10.3. The van der Waals surface area contributed by atoms with Crippen molar-refractivity contribution in [3.05, 3.63) is 45.4 Å². The maximum absolute atomic E-state index is 12.1. The molecule has 3 aromatic rings. The molecule has 0 atom stereocenters. The Hall–Kier alpha value is -2.09. The van der Waals surface area contributed by atoms with Crippen molar-refractivity contribution in [2.24, 2.45) is 7.05 Å². The predicted molar refractivity (Wildman–Crippen MR) is 108 cm³/mol. The summed E-state index contributed by atoms with van der Waals surface area (Å²) in [4.78, 5) is 30.2. The average molecular weight is 396 g/mol. The predicted octanol–water partition coefficient (Wildman–Crippen LogP) is 3.34. The summed E-state index contributed by atoms with van der Waals surface area (Å²) in [5.41, 5.74) is 1.99. The Bertz CT molecular complexity index is 1020. The fraction of sp³-hybridized carbons (Fsp3) is 0.333. The van der Waals surface area contributed by atoms with Crippen molar-refractivity contribution in [3.63, 3.8) is 0 Å². The maximum Gasteiger partial charge on any atom is 0.341 e. The fourth-order valence-electron chi connectivity index (χ4n) is 3.00. The number of hydrogen-bond acceptors (Lipinski definition) is 4. The number of carboxylic acids is 1. The molecule has 2 N–H and O–H groups in total. The molecular weight excluding hydrogens is 374 g/mol. The molecule has 0 unspecified atom stereocenters. The number of rotatable bonds is 5. The molecule has 0 aliphatic carbocycles. The minimum absolute atomic E-state index is 0. The lowest BCUT2D eigenvalue weighted by molar-refractivity contribution is 0.0695. The number of H-pyrrole nitrogens is 1. The zero-order chi connectivity index (χ0) is 18.3. The molecule has 0 amide bonds. The van der Waals surface area contributed by atoms with Gasteiger partial charge < -0.3 is 19.6 Å². The minimum atomic E-state index is -1.20. The summed E-state index contributed by atoms with van der Waals surface area (Å²) < 4.78 is 2.17. The van der Waals surface area contributed by atoms with Crippen molar-refractivity contribution in [2.75, 3.05) is 14.1 Å². The molecule has 0 saturated heterocycles. The van der Waals surface area contributed by atoms with Crippen LogP contribution in [0.5, 0.6) is 0 Å². The molecule has 0 aromatic carbocycles. The largest absolute Gasteiger partial charge is 0.477 e. The molecule has 0 aliphatic rings. The Kier molecular flexibility index (Phi) is 5.95. The molecule has 26 heavy (non-hydrogen) atoms. The van der Waals surface area contributed by atoms with Gasteiger partial charge in [-0.3, -0.25) is 4.79 Å². The number of aryl methyl sites for hydroxylation is 2. The fourth-order valence-corrected chi connectivity index (χ4v) is 4.17. The first kappa shape index (κ1) is 20.2. The monoisotopic (exact) mass is 395 g/mol. The van der Waals surface area contributed by atoms with Crippen molar-refractivity contribution in [1.82, 2.24) is 14.5 Å². The minimum Gasteiger partial charge on any atom is -0.477 e. The third kappa shape index (κ3) is 3.56. The van der Waals surface area contributed by atoms with E-state index in [9.17, 15) is 9.59 Å². The van der Waals surface area contributed by atoms with Crippen molar-refractivity contribution < 1.29 is 9.90 Å². The van der Waals surface area contributed by atoms with Gasteiger partial charge in [0.15, 0.2) is 0 Å². The zero-order valence-corrected chi connectivity index (χ0v) is 16.8. The van der Waals surface area contributed by atoms with Gasteiger partial charge in [0.25, 0.3) is 5.56 Å². The number of halogens is 1. The number of aromatic nitrogens is 2. The summed E-state index contributed by atoms with van der Waals surface area (Å²) in [5.74, 6) is -1.20. The Morgan fingerprint density at radius 2 is 2.00 bits per heavy atom. The van der Waals surface area contributed by atoms with E-state index in [4.69, 9.17) is 5.11 Å². The molecule has 0 spiro atoms. The van der Waals surface area contributed by atoms with Gasteiger partial charge in [0.1, 0.15) is 10.4 Å². The summed E-state index contributed by atoms with van der Waals surface area (Å²) in [6.07, 6.45) is 0.645. The van der Waals surface area contributed by atoms with Gasteiger partial charge in [0, 0.05) is 24.7 Å². The molecule has 3 heterocycles. The van der Waals surface area contributed by atoms with Gasteiger partial charge in [-0.25, -0.2) is 4.79 Å². The smallest absolute Gasteiger partial charge is 0.341 e. The first-order chi connectivity index (χ1) is 11.8. The first-order valence-electron chi connectivity index (χ1n) is 8.04. The van der Waals surface area contributed by atoms with Gasteiger partial charge in [-0.05, 0) is 44.3 Å².